The van der Waals surface area contributed by atoms with E-state index in [1.54, 1.807) is 0 Å². The minimum Gasteiger partial charge on any atom is -0.393 e. The summed E-state index contributed by atoms with van der Waals surface area (Å²) < 4.78 is 28.7. The number of aliphatic hydroxyl groups excluding tert-OH is 8. The molecule has 2 saturated heterocycles. The fourth-order valence-corrected chi connectivity index (χ4v) is 12.7. The normalized spacial score (nSPS) is 52.0. The Bertz CT molecular complexity index is 1240. The van der Waals surface area contributed by atoms with E-state index in [1.165, 1.54) is 7.11 Å². The standard InChI is InChI=1S/C40H70O14/c1-19(2)21(11-14-51-36-34(30(46)26(44)17-52-36)54-37-33(50-6)29(45)25(43)18-53-37)8-7-20(3)28-31(47)32(48)35-39(28,5)13-10-27-38(4)12-9-22(41)15-23(38)24(42)16-40(27,35)49/h19-37,41-49H,7-18H2,1-6H3/t20-,21-,22+,23?,24+,25?,26?,27?,28+,29?,30?,31-,32-,33?,34?,35?,36?,37?,38+,39-,40+/m1/s1. The van der Waals surface area contributed by atoms with Gasteiger partial charge in [-0.1, -0.05) is 41.0 Å². The van der Waals surface area contributed by atoms with Crippen LogP contribution in [0.2, 0.25) is 0 Å². The van der Waals surface area contributed by atoms with Crippen LogP contribution in [0.4, 0.5) is 0 Å². The molecular weight excluding hydrogens is 704 g/mol. The predicted octanol–water partition coefficient (Wildman–Crippen LogP) is 0.685. The Morgan fingerprint density at radius 2 is 1.35 bits per heavy atom. The van der Waals surface area contributed by atoms with Crippen LogP contribution >= 0.6 is 0 Å². The second kappa shape index (κ2) is 16.6. The summed E-state index contributed by atoms with van der Waals surface area (Å²) >= 11 is 0. The molecule has 6 fully saturated rings. The summed E-state index contributed by atoms with van der Waals surface area (Å²) in [4.78, 5) is 0. The Labute approximate surface area is 320 Å². The number of rotatable bonds is 12. The highest BCUT2D eigenvalue weighted by Crippen LogP contribution is 2.70. The minimum atomic E-state index is -1.36. The molecule has 6 aliphatic rings. The summed E-state index contributed by atoms with van der Waals surface area (Å²) in [6.45, 7) is 10.6. The zero-order valence-electron chi connectivity index (χ0n) is 33.0. The third kappa shape index (κ3) is 7.58. The quantitative estimate of drug-likeness (QED) is 0.133. The van der Waals surface area contributed by atoms with Crippen LogP contribution in [0.3, 0.4) is 0 Å². The fourth-order valence-electron chi connectivity index (χ4n) is 12.7. The molecule has 11 unspecified atom stereocenters. The molecule has 0 aromatic rings. The first-order chi connectivity index (χ1) is 25.4. The first kappa shape index (κ1) is 43.0. The average molecular weight is 775 g/mol. The summed E-state index contributed by atoms with van der Waals surface area (Å²) in [6.07, 6.45) is -7.00. The second-order valence-electron chi connectivity index (χ2n) is 18.9. The van der Waals surface area contributed by atoms with E-state index in [1.807, 2.05) is 0 Å². The second-order valence-corrected chi connectivity index (χ2v) is 18.9. The van der Waals surface area contributed by atoms with Gasteiger partial charge in [-0.3, -0.25) is 0 Å². The summed E-state index contributed by atoms with van der Waals surface area (Å²) in [5, 5.41) is 99.6. The number of ether oxygens (including phenoxy) is 5. The molecule has 314 valence electrons. The lowest BCUT2D eigenvalue weighted by atomic mass is 9.42. The van der Waals surface area contributed by atoms with Crippen LogP contribution < -0.4 is 0 Å². The van der Waals surface area contributed by atoms with Crippen molar-refractivity contribution in [3.63, 3.8) is 0 Å². The van der Waals surface area contributed by atoms with Crippen molar-refractivity contribution in [3.8, 4) is 0 Å². The van der Waals surface area contributed by atoms with Crippen molar-refractivity contribution in [2.45, 2.75) is 172 Å². The molecule has 9 N–H and O–H groups in total. The molecular formula is C40H70O14. The van der Waals surface area contributed by atoms with Crippen LogP contribution in [0.1, 0.15) is 92.4 Å². The van der Waals surface area contributed by atoms with Crippen molar-refractivity contribution in [1.29, 1.82) is 0 Å². The van der Waals surface area contributed by atoms with Gasteiger partial charge < -0.3 is 69.6 Å². The van der Waals surface area contributed by atoms with Crippen LogP contribution in [-0.4, -0.2) is 152 Å². The van der Waals surface area contributed by atoms with Crippen molar-refractivity contribution in [3.05, 3.63) is 0 Å². The largest absolute Gasteiger partial charge is 0.393 e. The Hall–Kier alpha value is -0.560. The van der Waals surface area contributed by atoms with Gasteiger partial charge in [0.25, 0.3) is 0 Å². The van der Waals surface area contributed by atoms with Gasteiger partial charge in [-0.2, -0.15) is 0 Å². The van der Waals surface area contributed by atoms with E-state index in [0.717, 1.165) is 25.7 Å². The highest BCUT2D eigenvalue weighted by atomic mass is 16.8. The molecule has 4 aliphatic carbocycles. The molecule has 0 aromatic heterocycles. The van der Waals surface area contributed by atoms with Crippen LogP contribution in [-0.2, 0) is 23.7 Å². The van der Waals surface area contributed by atoms with Crippen molar-refractivity contribution < 1.29 is 69.6 Å². The van der Waals surface area contributed by atoms with Gasteiger partial charge in [0, 0.05) is 19.4 Å². The van der Waals surface area contributed by atoms with Crippen molar-refractivity contribution in [2.24, 2.45) is 52.3 Å². The van der Waals surface area contributed by atoms with Gasteiger partial charge >= 0.3 is 0 Å². The Kier molecular flexibility index (Phi) is 13.2. The third-order valence-corrected chi connectivity index (χ3v) is 15.6. The smallest absolute Gasteiger partial charge is 0.187 e. The molecule has 54 heavy (non-hydrogen) atoms. The van der Waals surface area contributed by atoms with E-state index in [0.29, 0.717) is 31.6 Å². The summed E-state index contributed by atoms with van der Waals surface area (Å²) in [6, 6.07) is 0. The van der Waals surface area contributed by atoms with E-state index < -0.39 is 90.6 Å². The first-order valence-corrected chi connectivity index (χ1v) is 20.6. The van der Waals surface area contributed by atoms with E-state index in [9.17, 15) is 46.0 Å². The Balaban J connectivity index is 1.08. The van der Waals surface area contributed by atoms with Crippen molar-refractivity contribution in [2.75, 3.05) is 26.9 Å². The van der Waals surface area contributed by atoms with Gasteiger partial charge in [0.05, 0.1) is 49.8 Å². The number of hydrogen-bond donors (Lipinski definition) is 9. The van der Waals surface area contributed by atoms with Crippen LogP contribution in [0.25, 0.3) is 0 Å². The maximum atomic E-state index is 12.6. The van der Waals surface area contributed by atoms with Crippen molar-refractivity contribution in [1.82, 2.24) is 0 Å². The van der Waals surface area contributed by atoms with Crippen LogP contribution in [0.5, 0.6) is 0 Å². The molecule has 0 radical (unpaired) electrons. The minimum absolute atomic E-state index is 0.0304. The van der Waals surface area contributed by atoms with E-state index in [4.69, 9.17) is 23.7 Å². The van der Waals surface area contributed by atoms with Crippen LogP contribution in [0.15, 0.2) is 0 Å². The maximum absolute atomic E-state index is 12.6. The zero-order chi connectivity index (χ0) is 39.5. The highest BCUT2D eigenvalue weighted by molar-refractivity contribution is 5.21. The zero-order valence-corrected chi connectivity index (χ0v) is 33.0. The van der Waals surface area contributed by atoms with Gasteiger partial charge in [-0.15, -0.1) is 0 Å². The SMILES string of the molecule is COC1C(OC2C(OCC[C@@H](CC[C@@H](C)[C@H]3[C@@H](O)[C@@H](O)C4[C@]5(O)C[C@H](O)C6C[C@@H](O)CC[C@]6(C)C5CC[C@@]43C)C(C)C)OCC(O)C2O)OCC(O)C1O. The number of aliphatic hydroxyl groups is 9. The summed E-state index contributed by atoms with van der Waals surface area (Å²) in [7, 11) is 1.34. The molecule has 14 heteroatoms. The van der Waals surface area contributed by atoms with Gasteiger partial charge in [0.2, 0.25) is 0 Å². The topological polar surface area (TPSA) is 228 Å². The van der Waals surface area contributed by atoms with E-state index >= 15 is 0 Å². The Morgan fingerprint density at radius 3 is 2.00 bits per heavy atom. The third-order valence-electron chi connectivity index (χ3n) is 15.6. The molecule has 0 bridgehead atoms. The molecule has 6 rings (SSSR count). The molecule has 2 aliphatic heterocycles. The first-order valence-electron chi connectivity index (χ1n) is 20.6. The van der Waals surface area contributed by atoms with Gasteiger partial charge in [-0.25, -0.2) is 0 Å². The summed E-state index contributed by atoms with van der Waals surface area (Å²) in [5.41, 5.74) is -2.22. The van der Waals surface area contributed by atoms with E-state index in [-0.39, 0.29) is 61.2 Å². The number of methoxy groups -OCH3 is 1. The van der Waals surface area contributed by atoms with Crippen LogP contribution in [0, 0.1) is 52.3 Å². The van der Waals surface area contributed by atoms with Crippen molar-refractivity contribution >= 4 is 0 Å². The summed E-state index contributed by atoms with van der Waals surface area (Å²) in [5.74, 6) is -0.521. The maximum Gasteiger partial charge on any atom is 0.187 e. The number of fused-ring (bicyclic) bond motifs is 5. The molecule has 4 saturated carbocycles. The highest BCUT2D eigenvalue weighted by Gasteiger charge is 2.72. The molecule has 14 nitrogen and oxygen atoms in total. The molecule has 0 aromatic carbocycles. The van der Waals surface area contributed by atoms with Gasteiger partial charge in [0.15, 0.2) is 12.6 Å². The monoisotopic (exact) mass is 774 g/mol. The molecule has 0 spiro atoms. The van der Waals surface area contributed by atoms with Gasteiger partial charge in [0.1, 0.15) is 36.6 Å². The lowest BCUT2D eigenvalue weighted by Crippen LogP contribution is -2.68. The van der Waals surface area contributed by atoms with Gasteiger partial charge in [-0.05, 0) is 91.3 Å². The molecule has 0 amide bonds. The number of hydrogen-bond acceptors (Lipinski definition) is 14. The fraction of sp³-hybridized carbons (Fsp3) is 1.00. The lowest BCUT2D eigenvalue weighted by molar-refractivity contribution is -0.345. The average Bonchev–Trinajstić information content (AvgIpc) is 3.32. The lowest BCUT2D eigenvalue weighted by Gasteiger charge is -2.65. The predicted molar refractivity (Wildman–Crippen MR) is 193 cm³/mol. The Morgan fingerprint density at radius 1 is 0.722 bits per heavy atom. The molecule has 2 heterocycles. The molecule has 21 atom stereocenters. The van der Waals surface area contributed by atoms with E-state index in [2.05, 4.69) is 34.6 Å².